The molecule has 0 unspecified atom stereocenters. The molecular weight excluding hydrogens is 506 g/mol. The number of halogens is 1. The van der Waals surface area contributed by atoms with Crippen LogP contribution in [0.4, 0.5) is 5.69 Å². The average molecular weight is 539 g/mol. The topological polar surface area (TPSA) is 86.8 Å². The number of sulfonamides is 1. The Bertz CT molecular complexity index is 1060. The molecule has 0 radical (unpaired) electrons. The smallest absolute Gasteiger partial charge is 0.244 e. The zero-order valence-electron chi connectivity index (χ0n) is 19.7. The maximum absolute atomic E-state index is 13.4. The van der Waals surface area contributed by atoms with E-state index < -0.39 is 28.5 Å². The molecule has 0 aliphatic rings. The zero-order valence-corrected chi connectivity index (χ0v) is 22.1. The van der Waals surface area contributed by atoms with E-state index >= 15 is 0 Å². The minimum atomic E-state index is -3.73. The lowest BCUT2D eigenvalue weighted by molar-refractivity contribution is -0.139. The Morgan fingerprint density at radius 1 is 1.03 bits per heavy atom. The van der Waals surface area contributed by atoms with Gasteiger partial charge in [-0.05, 0) is 57.0 Å². The van der Waals surface area contributed by atoms with Gasteiger partial charge in [0.25, 0.3) is 0 Å². The van der Waals surface area contributed by atoms with Gasteiger partial charge in [0.1, 0.15) is 12.6 Å². The third kappa shape index (κ3) is 7.85. The highest BCUT2D eigenvalue weighted by atomic mass is 79.9. The molecule has 2 amide bonds. The number of benzene rings is 2. The van der Waals surface area contributed by atoms with E-state index in [1.165, 1.54) is 4.90 Å². The van der Waals surface area contributed by atoms with Crippen LogP contribution in [0.1, 0.15) is 38.3 Å². The van der Waals surface area contributed by atoms with E-state index in [-0.39, 0.29) is 18.5 Å². The summed E-state index contributed by atoms with van der Waals surface area (Å²) in [6, 6.07) is 13.5. The Balaban J connectivity index is 2.36. The van der Waals surface area contributed by atoms with Crippen LogP contribution < -0.4 is 9.62 Å². The van der Waals surface area contributed by atoms with Gasteiger partial charge in [0.2, 0.25) is 21.8 Å². The number of carbonyl (C=O) groups excluding carboxylic acids is 2. The predicted octanol–water partition coefficient (Wildman–Crippen LogP) is 3.86. The van der Waals surface area contributed by atoms with Crippen LogP contribution in [0, 0.1) is 6.92 Å². The quantitative estimate of drug-likeness (QED) is 0.498. The lowest BCUT2D eigenvalue weighted by Gasteiger charge is -2.32. The maximum Gasteiger partial charge on any atom is 0.244 e. The molecular formula is C24H32BrN3O4S. The van der Waals surface area contributed by atoms with E-state index in [0.29, 0.717) is 5.69 Å². The molecule has 9 heteroatoms. The Kier molecular flexibility index (Phi) is 9.48. The van der Waals surface area contributed by atoms with Gasteiger partial charge < -0.3 is 10.2 Å². The molecule has 1 N–H and O–H groups in total. The number of hydrogen-bond donors (Lipinski definition) is 1. The van der Waals surface area contributed by atoms with Crippen molar-refractivity contribution in [2.45, 2.75) is 52.7 Å². The first-order valence-electron chi connectivity index (χ1n) is 10.8. The number of carbonyl (C=O) groups is 2. The Morgan fingerprint density at radius 3 is 2.12 bits per heavy atom. The van der Waals surface area contributed by atoms with E-state index in [2.05, 4.69) is 21.2 Å². The molecule has 180 valence electrons. The Hall–Kier alpha value is -2.39. The number of hydrogen-bond acceptors (Lipinski definition) is 4. The number of anilines is 1. The molecule has 0 aliphatic carbocycles. The molecule has 0 fully saturated rings. The SMILES string of the molecule is CC[C@@H](C)NC(=O)[C@@H](C)N(Cc1ccc(Br)cc1)C(=O)CN(c1ccc(C)cc1)S(C)(=O)=O. The summed E-state index contributed by atoms with van der Waals surface area (Å²) in [4.78, 5) is 27.7. The maximum atomic E-state index is 13.4. The molecule has 2 atom stereocenters. The second kappa shape index (κ2) is 11.7. The molecule has 0 spiro atoms. The Morgan fingerprint density at radius 2 is 1.61 bits per heavy atom. The summed E-state index contributed by atoms with van der Waals surface area (Å²) >= 11 is 3.40. The number of amides is 2. The van der Waals surface area contributed by atoms with Crippen molar-refractivity contribution in [3.8, 4) is 0 Å². The van der Waals surface area contributed by atoms with Gasteiger partial charge in [-0.15, -0.1) is 0 Å². The second-order valence-electron chi connectivity index (χ2n) is 8.25. The van der Waals surface area contributed by atoms with Crippen molar-refractivity contribution in [2.24, 2.45) is 0 Å². The van der Waals surface area contributed by atoms with Crippen LogP contribution in [0.15, 0.2) is 53.0 Å². The number of nitrogens with one attached hydrogen (secondary N) is 1. The molecule has 7 nitrogen and oxygen atoms in total. The van der Waals surface area contributed by atoms with Crippen molar-refractivity contribution >= 4 is 43.5 Å². The molecule has 0 saturated heterocycles. The fourth-order valence-corrected chi connectivity index (χ4v) is 4.27. The highest BCUT2D eigenvalue weighted by Crippen LogP contribution is 2.20. The third-order valence-corrected chi connectivity index (χ3v) is 7.10. The first-order chi connectivity index (χ1) is 15.4. The first-order valence-corrected chi connectivity index (χ1v) is 13.4. The molecule has 0 bridgehead atoms. The molecule has 2 rings (SSSR count). The third-order valence-electron chi connectivity index (χ3n) is 5.44. The number of nitrogens with zero attached hydrogens (tertiary/aromatic N) is 2. The summed E-state index contributed by atoms with van der Waals surface area (Å²) in [5.74, 6) is -0.744. The highest BCUT2D eigenvalue weighted by Gasteiger charge is 2.30. The van der Waals surface area contributed by atoms with Gasteiger partial charge in [-0.25, -0.2) is 8.42 Å². The predicted molar refractivity (Wildman–Crippen MR) is 135 cm³/mol. The van der Waals surface area contributed by atoms with Crippen LogP contribution in [-0.4, -0.2) is 50.0 Å². The van der Waals surface area contributed by atoms with E-state index in [9.17, 15) is 18.0 Å². The van der Waals surface area contributed by atoms with Gasteiger partial charge in [-0.1, -0.05) is 52.7 Å². The van der Waals surface area contributed by atoms with Gasteiger partial charge >= 0.3 is 0 Å². The van der Waals surface area contributed by atoms with Crippen molar-refractivity contribution in [1.29, 1.82) is 0 Å². The summed E-state index contributed by atoms with van der Waals surface area (Å²) in [5, 5.41) is 2.91. The van der Waals surface area contributed by atoms with Gasteiger partial charge in [-0.2, -0.15) is 0 Å². The van der Waals surface area contributed by atoms with E-state index in [1.54, 1.807) is 31.2 Å². The van der Waals surface area contributed by atoms with Crippen LogP contribution in [0.2, 0.25) is 0 Å². The van der Waals surface area contributed by atoms with Crippen LogP contribution in [0.3, 0.4) is 0 Å². The van der Waals surface area contributed by atoms with E-state index in [4.69, 9.17) is 0 Å². The lowest BCUT2D eigenvalue weighted by Crippen LogP contribution is -2.52. The summed E-state index contributed by atoms with van der Waals surface area (Å²) in [6.07, 6.45) is 1.83. The van der Waals surface area contributed by atoms with Gasteiger partial charge in [0.15, 0.2) is 0 Å². The van der Waals surface area contributed by atoms with Crippen molar-refractivity contribution in [2.75, 3.05) is 17.1 Å². The molecule has 0 saturated carbocycles. The fraction of sp³-hybridized carbons (Fsp3) is 0.417. The van der Waals surface area contributed by atoms with Crippen LogP contribution >= 0.6 is 15.9 Å². The van der Waals surface area contributed by atoms with Crippen LogP contribution in [0.25, 0.3) is 0 Å². The summed E-state index contributed by atoms with van der Waals surface area (Å²) in [6.45, 7) is 7.19. The van der Waals surface area contributed by atoms with Crippen molar-refractivity contribution in [3.63, 3.8) is 0 Å². The fourth-order valence-electron chi connectivity index (χ4n) is 3.16. The van der Waals surface area contributed by atoms with E-state index in [1.807, 2.05) is 45.0 Å². The number of rotatable bonds is 10. The highest BCUT2D eigenvalue weighted by molar-refractivity contribution is 9.10. The van der Waals surface area contributed by atoms with Crippen molar-refractivity contribution in [1.82, 2.24) is 10.2 Å². The summed E-state index contributed by atoms with van der Waals surface area (Å²) in [5.41, 5.74) is 2.21. The zero-order chi connectivity index (χ0) is 24.8. The summed E-state index contributed by atoms with van der Waals surface area (Å²) in [7, 11) is -3.73. The van der Waals surface area contributed by atoms with Gasteiger partial charge in [0, 0.05) is 17.1 Å². The molecule has 2 aromatic carbocycles. The van der Waals surface area contributed by atoms with Crippen LogP contribution in [0.5, 0.6) is 0 Å². The lowest BCUT2D eigenvalue weighted by atomic mass is 10.1. The Labute approximate surface area is 205 Å². The molecule has 0 heterocycles. The largest absolute Gasteiger partial charge is 0.352 e. The number of aryl methyl sites for hydroxylation is 1. The summed E-state index contributed by atoms with van der Waals surface area (Å²) < 4.78 is 27.0. The molecule has 2 aromatic rings. The normalized spacial score (nSPS) is 13.2. The average Bonchev–Trinajstić information content (AvgIpc) is 2.76. The van der Waals surface area contributed by atoms with Gasteiger partial charge in [0.05, 0.1) is 11.9 Å². The standard InChI is InChI=1S/C24H32BrN3O4S/c1-6-18(3)26-24(30)19(4)27(15-20-9-11-21(25)12-10-20)23(29)16-28(33(5,31)32)22-13-7-17(2)8-14-22/h7-14,18-19H,6,15-16H2,1-5H3,(H,26,30)/t18-,19-/m1/s1. The molecule has 0 aromatic heterocycles. The monoisotopic (exact) mass is 537 g/mol. The minimum absolute atomic E-state index is 0.0374. The van der Waals surface area contributed by atoms with Gasteiger partial charge in [-0.3, -0.25) is 13.9 Å². The second-order valence-corrected chi connectivity index (χ2v) is 11.1. The van der Waals surface area contributed by atoms with Crippen molar-refractivity contribution in [3.05, 3.63) is 64.1 Å². The van der Waals surface area contributed by atoms with Crippen LogP contribution in [-0.2, 0) is 26.2 Å². The van der Waals surface area contributed by atoms with E-state index in [0.717, 1.165) is 32.6 Å². The molecule has 33 heavy (non-hydrogen) atoms. The first kappa shape index (κ1) is 26.9. The minimum Gasteiger partial charge on any atom is -0.352 e. The van der Waals surface area contributed by atoms with Crippen molar-refractivity contribution < 1.29 is 18.0 Å². The molecule has 0 aliphatic heterocycles.